The van der Waals surface area contributed by atoms with Crippen LogP contribution in [0.3, 0.4) is 0 Å². The maximum Gasteiger partial charge on any atom is 0.0236 e. The van der Waals surface area contributed by atoms with Gasteiger partial charge in [0.25, 0.3) is 0 Å². The van der Waals surface area contributed by atoms with Crippen molar-refractivity contribution in [3.8, 4) is 0 Å². The number of piperidine rings is 1. The zero-order valence-electron chi connectivity index (χ0n) is 12.6. The molecule has 106 valence electrons. The number of hydrogen-bond donors (Lipinski definition) is 1. The van der Waals surface area contributed by atoms with Gasteiger partial charge in [-0.3, -0.25) is 4.90 Å². The number of benzene rings is 1. The standard InChI is InChI=1S/C17H28N2/c1-13-5-4-10-19(15(13)3)12-16-6-8-17(9-7-16)14(2)11-18/h6-9,13-15H,4-5,10-12,18H2,1-3H3. The highest BCUT2D eigenvalue weighted by Gasteiger charge is 2.24. The number of likely N-dealkylation sites (tertiary alicyclic amines) is 1. The minimum absolute atomic E-state index is 0.461. The van der Waals surface area contributed by atoms with E-state index in [0.717, 1.165) is 19.0 Å². The summed E-state index contributed by atoms with van der Waals surface area (Å²) in [6, 6.07) is 9.73. The van der Waals surface area contributed by atoms with Crippen molar-refractivity contribution in [3.63, 3.8) is 0 Å². The highest BCUT2D eigenvalue weighted by Crippen LogP contribution is 2.25. The summed E-state index contributed by atoms with van der Waals surface area (Å²) in [4.78, 5) is 2.62. The van der Waals surface area contributed by atoms with Crippen LogP contribution in [0.5, 0.6) is 0 Å². The molecule has 0 bridgehead atoms. The Kier molecular flexibility index (Phi) is 5.00. The molecule has 1 saturated heterocycles. The van der Waals surface area contributed by atoms with Crippen LogP contribution in [0.1, 0.15) is 50.7 Å². The number of rotatable bonds is 4. The van der Waals surface area contributed by atoms with E-state index in [-0.39, 0.29) is 0 Å². The second kappa shape index (κ2) is 6.53. The average Bonchev–Trinajstić information content (AvgIpc) is 2.44. The van der Waals surface area contributed by atoms with Crippen LogP contribution in [0, 0.1) is 5.92 Å². The van der Waals surface area contributed by atoms with E-state index in [1.165, 1.54) is 30.5 Å². The first-order chi connectivity index (χ1) is 9.11. The average molecular weight is 260 g/mol. The second-order valence-electron chi connectivity index (χ2n) is 6.21. The summed E-state index contributed by atoms with van der Waals surface area (Å²) in [6.07, 6.45) is 2.72. The zero-order valence-corrected chi connectivity index (χ0v) is 12.6. The van der Waals surface area contributed by atoms with Crippen molar-refractivity contribution in [3.05, 3.63) is 35.4 Å². The maximum absolute atomic E-state index is 5.72. The van der Waals surface area contributed by atoms with Crippen LogP contribution in [0.15, 0.2) is 24.3 Å². The lowest BCUT2D eigenvalue weighted by Gasteiger charge is -2.38. The molecular weight excluding hydrogens is 232 g/mol. The van der Waals surface area contributed by atoms with Crippen molar-refractivity contribution in [1.82, 2.24) is 4.90 Å². The predicted molar refractivity (Wildman–Crippen MR) is 82.2 cm³/mol. The molecule has 2 N–H and O–H groups in total. The molecule has 3 atom stereocenters. The zero-order chi connectivity index (χ0) is 13.8. The van der Waals surface area contributed by atoms with Crippen molar-refractivity contribution in [2.45, 2.75) is 52.1 Å². The molecule has 0 radical (unpaired) electrons. The molecule has 0 amide bonds. The molecule has 0 spiro atoms. The van der Waals surface area contributed by atoms with Gasteiger partial charge in [0.05, 0.1) is 0 Å². The lowest BCUT2D eigenvalue weighted by Crippen LogP contribution is -2.41. The Morgan fingerprint density at radius 1 is 1.26 bits per heavy atom. The van der Waals surface area contributed by atoms with Crippen LogP contribution in [0.4, 0.5) is 0 Å². The van der Waals surface area contributed by atoms with Crippen molar-refractivity contribution in [2.75, 3.05) is 13.1 Å². The number of hydrogen-bond acceptors (Lipinski definition) is 2. The highest BCUT2D eigenvalue weighted by molar-refractivity contribution is 5.25. The van der Waals surface area contributed by atoms with E-state index < -0.39 is 0 Å². The maximum atomic E-state index is 5.72. The van der Waals surface area contributed by atoms with Gasteiger partial charge in [0, 0.05) is 12.6 Å². The first-order valence-electron chi connectivity index (χ1n) is 7.64. The Hall–Kier alpha value is -0.860. The van der Waals surface area contributed by atoms with Gasteiger partial charge < -0.3 is 5.73 Å². The van der Waals surface area contributed by atoms with Gasteiger partial charge in [0.1, 0.15) is 0 Å². The smallest absolute Gasteiger partial charge is 0.0236 e. The van der Waals surface area contributed by atoms with Crippen LogP contribution in [-0.2, 0) is 6.54 Å². The van der Waals surface area contributed by atoms with Gasteiger partial charge in [-0.25, -0.2) is 0 Å². The van der Waals surface area contributed by atoms with Crippen LogP contribution < -0.4 is 5.73 Å². The summed E-state index contributed by atoms with van der Waals surface area (Å²) in [5, 5.41) is 0. The molecule has 2 heteroatoms. The Bertz CT molecular complexity index is 385. The van der Waals surface area contributed by atoms with Gasteiger partial charge in [-0.1, -0.05) is 38.1 Å². The molecule has 1 fully saturated rings. The van der Waals surface area contributed by atoms with E-state index in [1.54, 1.807) is 0 Å². The molecule has 1 aromatic rings. The molecule has 1 heterocycles. The van der Waals surface area contributed by atoms with Crippen LogP contribution in [0.2, 0.25) is 0 Å². The van der Waals surface area contributed by atoms with Gasteiger partial charge in [-0.05, 0) is 55.8 Å². The third-order valence-corrected chi connectivity index (χ3v) is 4.79. The molecule has 19 heavy (non-hydrogen) atoms. The van der Waals surface area contributed by atoms with E-state index in [0.29, 0.717) is 12.0 Å². The van der Waals surface area contributed by atoms with Gasteiger partial charge in [-0.15, -0.1) is 0 Å². The Labute approximate surface area is 118 Å². The van der Waals surface area contributed by atoms with Crippen molar-refractivity contribution >= 4 is 0 Å². The number of nitrogens with two attached hydrogens (primary N) is 1. The predicted octanol–water partition coefficient (Wildman–Crippen LogP) is 3.37. The first-order valence-corrected chi connectivity index (χ1v) is 7.64. The highest BCUT2D eigenvalue weighted by atomic mass is 15.2. The quantitative estimate of drug-likeness (QED) is 0.899. The second-order valence-corrected chi connectivity index (χ2v) is 6.21. The molecule has 0 saturated carbocycles. The Morgan fingerprint density at radius 3 is 2.58 bits per heavy atom. The van der Waals surface area contributed by atoms with Crippen molar-refractivity contribution < 1.29 is 0 Å². The molecule has 3 unspecified atom stereocenters. The summed E-state index contributed by atoms with van der Waals surface area (Å²) >= 11 is 0. The Morgan fingerprint density at radius 2 is 1.95 bits per heavy atom. The lowest BCUT2D eigenvalue weighted by molar-refractivity contribution is 0.106. The fourth-order valence-corrected chi connectivity index (χ4v) is 2.97. The van der Waals surface area contributed by atoms with Crippen LogP contribution >= 0.6 is 0 Å². The van der Waals surface area contributed by atoms with E-state index in [9.17, 15) is 0 Å². The molecule has 0 aromatic heterocycles. The van der Waals surface area contributed by atoms with Gasteiger partial charge in [-0.2, -0.15) is 0 Å². The molecule has 1 aromatic carbocycles. The summed E-state index contributed by atoms with van der Waals surface area (Å²) in [5.41, 5.74) is 8.49. The van der Waals surface area contributed by atoms with Gasteiger partial charge >= 0.3 is 0 Å². The minimum atomic E-state index is 0.461. The fourth-order valence-electron chi connectivity index (χ4n) is 2.97. The lowest BCUT2D eigenvalue weighted by atomic mass is 9.91. The minimum Gasteiger partial charge on any atom is -0.330 e. The van der Waals surface area contributed by atoms with Crippen LogP contribution in [0.25, 0.3) is 0 Å². The fraction of sp³-hybridized carbons (Fsp3) is 0.647. The SMILES string of the molecule is CC(CN)c1ccc(CN2CCCC(C)C2C)cc1. The summed E-state index contributed by atoms with van der Waals surface area (Å²) in [7, 11) is 0. The molecule has 0 aliphatic carbocycles. The Balaban J connectivity index is 1.99. The van der Waals surface area contributed by atoms with Crippen molar-refractivity contribution in [1.29, 1.82) is 0 Å². The summed E-state index contributed by atoms with van der Waals surface area (Å²) in [6.45, 7) is 9.98. The topological polar surface area (TPSA) is 29.3 Å². The largest absolute Gasteiger partial charge is 0.330 e. The monoisotopic (exact) mass is 260 g/mol. The summed E-state index contributed by atoms with van der Waals surface area (Å²) < 4.78 is 0. The van der Waals surface area contributed by atoms with E-state index in [1.807, 2.05) is 0 Å². The number of nitrogens with zero attached hydrogens (tertiary/aromatic N) is 1. The molecule has 2 nitrogen and oxygen atoms in total. The molecule has 1 aliphatic heterocycles. The first kappa shape index (κ1) is 14.5. The molecule has 1 aliphatic rings. The van der Waals surface area contributed by atoms with E-state index in [4.69, 9.17) is 5.73 Å². The third-order valence-electron chi connectivity index (χ3n) is 4.79. The van der Waals surface area contributed by atoms with Crippen molar-refractivity contribution in [2.24, 2.45) is 11.7 Å². The van der Waals surface area contributed by atoms with E-state index in [2.05, 4.69) is 49.9 Å². The summed E-state index contributed by atoms with van der Waals surface area (Å²) in [5.74, 6) is 1.29. The normalized spacial score (nSPS) is 26.3. The third kappa shape index (κ3) is 3.58. The molecular formula is C17H28N2. The van der Waals surface area contributed by atoms with E-state index >= 15 is 0 Å². The van der Waals surface area contributed by atoms with Gasteiger partial charge in [0.2, 0.25) is 0 Å². The van der Waals surface area contributed by atoms with Gasteiger partial charge in [0.15, 0.2) is 0 Å². The molecule has 2 rings (SSSR count). The van der Waals surface area contributed by atoms with Crippen LogP contribution in [-0.4, -0.2) is 24.0 Å².